The lowest BCUT2D eigenvalue weighted by molar-refractivity contribution is -0.139. The van der Waals surface area contributed by atoms with E-state index in [-0.39, 0.29) is 17.2 Å². The van der Waals surface area contributed by atoms with Crippen LogP contribution in [0, 0.1) is 12.3 Å². The Bertz CT molecular complexity index is 961. The number of nitrogens with one attached hydrogen (secondary N) is 1. The number of aryl methyl sites for hydroxylation is 1. The molecular weight excluding hydrogens is 421 g/mol. The number of amides is 2. The number of hydrogen-bond acceptors (Lipinski definition) is 3. The van der Waals surface area contributed by atoms with Crippen LogP contribution in [0.3, 0.4) is 0 Å². The van der Waals surface area contributed by atoms with Gasteiger partial charge in [-0.15, -0.1) is 0 Å². The van der Waals surface area contributed by atoms with Crippen LogP contribution in [0.25, 0.3) is 0 Å². The fraction of sp³-hybridized carbons (Fsp3) is 0.391. The molecule has 1 heterocycles. The van der Waals surface area contributed by atoms with Crippen LogP contribution in [0.15, 0.2) is 36.4 Å². The predicted octanol–water partition coefficient (Wildman–Crippen LogP) is 5.25. The van der Waals surface area contributed by atoms with Crippen molar-refractivity contribution in [3.8, 4) is 0 Å². The highest BCUT2D eigenvalue weighted by Crippen LogP contribution is 2.30. The number of rotatable bonds is 3. The van der Waals surface area contributed by atoms with Crippen LogP contribution < -0.4 is 10.2 Å². The fourth-order valence-electron chi connectivity index (χ4n) is 3.40. The summed E-state index contributed by atoms with van der Waals surface area (Å²) in [5.41, 5.74) is 2.56. The maximum atomic E-state index is 12.5. The maximum Gasteiger partial charge on any atom is 0.255 e. The molecule has 0 spiro atoms. The van der Waals surface area contributed by atoms with E-state index >= 15 is 0 Å². The summed E-state index contributed by atoms with van der Waals surface area (Å²) in [4.78, 5) is 29.0. The molecule has 2 aromatic rings. The molecule has 0 aromatic heterocycles. The van der Waals surface area contributed by atoms with Crippen molar-refractivity contribution in [1.82, 2.24) is 4.90 Å². The Labute approximate surface area is 187 Å². The zero-order valence-corrected chi connectivity index (χ0v) is 19.3. The van der Waals surface area contributed by atoms with Gasteiger partial charge in [0.25, 0.3) is 5.91 Å². The van der Waals surface area contributed by atoms with Gasteiger partial charge in [-0.05, 0) is 42.8 Å². The van der Waals surface area contributed by atoms with Crippen molar-refractivity contribution in [2.75, 3.05) is 36.4 Å². The van der Waals surface area contributed by atoms with Gasteiger partial charge in [0.15, 0.2) is 0 Å². The molecule has 0 radical (unpaired) electrons. The number of carbonyl (C=O) groups is 2. The van der Waals surface area contributed by atoms with Crippen LogP contribution in [0.2, 0.25) is 10.0 Å². The molecule has 1 aliphatic heterocycles. The van der Waals surface area contributed by atoms with Gasteiger partial charge in [0.05, 0.1) is 10.7 Å². The molecule has 1 fully saturated rings. The monoisotopic (exact) mass is 447 g/mol. The molecule has 0 saturated carbocycles. The molecule has 2 aromatic carbocycles. The van der Waals surface area contributed by atoms with E-state index in [1.165, 1.54) is 0 Å². The fourth-order valence-corrected chi connectivity index (χ4v) is 3.88. The van der Waals surface area contributed by atoms with Gasteiger partial charge >= 0.3 is 0 Å². The van der Waals surface area contributed by atoms with Crippen LogP contribution >= 0.6 is 23.2 Å². The Morgan fingerprint density at radius 3 is 2.17 bits per heavy atom. The lowest BCUT2D eigenvalue weighted by Crippen LogP contribution is -2.51. The first-order valence-electron chi connectivity index (χ1n) is 9.97. The highest BCUT2D eigenvalue weighted by atomic mass is 35.5. The lowest BCUT2D eigenvalue weighted by Gasteiger charge is -2.39. The molecule has 3 rings (SSSR count). The Kier molecular flexibility index (Phi) is 6.63. The predicted molar refractivity (Wildman–Crippen MR) is 124 cm³/mol. The number of piperazine rings is 1. The Balaban J connectivity index is 1.65. The second kappa shape index (κ2) is 8.86. The number of carbonyl (C=O) groups excluding carboxylic acids is 2. The molecule has 0 bridgehead atoms. The highest BCUT2D eigenvalue weighted by Gasteiger charge is 2.30. The molecule has 1 aliphatic rings. The quantitative estimate of drug-likeness (QED) is 0.698. The van der Waals surface area contributed by atoms with E-state index in [1.54, 1.807) is 18.2 Å². The Morgan fingerprint density at radius 2 is 1.60 bits per heavy atom. The third-order valence-electron chi connectivity index (χ3n) is 5.19. The molecule has 5 nitrogen and oxygen atoms in total. The zero-order chi connectivity index (χ0) is 22.1. The zero-order valence-electron chi connectivity index (χ0n) is 17.8. The van der Waals surface area contributed by atoms with E-state index in [0.29, 0.717) is 34.4 Å². The summed E-state index contributed by atoms with van der Waals surface area (Å²) >= 11 is 12.6. The summed E-state index contributed by atoms with van der Waals surface area (Å²) in [6, 6.07) is 10.7. The van der Waals surface area contributed by atoms with Gasteiger partial charge in [-0.1, -0.05) is 50.0 Å². The van der Waals surface area contributed by atoms with Crippen molar-refractivity contribution in [1.29, 1.82) is 0 Å². The van der Waals surface area contributed by atoms with E-state index in [4.69, 9.17) is 23.2 Å². The first kappa shape index (κ1) is 22.4. The van der Waals surface area contributed by atoms with Gasteiger partial charge in [-0.25, -0.2) is 0 Å². The minimum atomic E-state index is -0.374. The van der Waals surface area contributed by atoms with E-state index in [9.17, 15) is 9.59 Å². The Hall–Kier alpha value is -2.24. The van der Waals surface area contributed by atoms with Crippen molar-refractivity contribution in [2.45, 2.75) is 27.7 Å². The van der Waals surface area contributed by atoms with Crippen LogP contribution in [0.5, 0.6) is 0 Å². The van der Waals surface area contributed by atoms with Gasteiger partial charge in [0, 0.05) is 47.9 Å². The average Bonchev–Trinajstić information content (AvgIpc) is 2.69. The summed E-state index contributed by atoms with van der Waals surface area (Å²) < 4.78 is 0. The van der Waals surface area contributed by atoms with Crippen LogP contribution in [-0.2, 0) is 4.79 Å². The second-order valence-electron chi connectivity index (χ2n) is 8.61. The average molecular weight is 448 g/mol. The molecule has 0 atom stereocenters. The second-order valence-corrected chi connectivity index (χ2v) is 9.43. The van der Waals surface area contributed by atoms with Crippen molar-refractivity contribution in [3.05, 3.63) is 57.6 Å². The summed E-state index contributed by atoms with van der Waals surface area (Å²) in [6.07, 6.45) is 0. The van der Waals surface area contributed by atoms with Gasteiger partial charge in [0.2, 0.25) is 5.91 Å². The number of halogens is 2. The molecule has 7 heteroatoms. The van der Waals surface area contributed by atoms with E-state index in [1.807, 2.05) is 50.8 Å². The molecule has 0 unspecified atom stereocenters. The highest BCUT2D eigenvalue weighted by molar-refractivity contribution is 6.33. The summed E-state index contributed by atoms with van der Waals surface area (Å²) in [5, 5.41) is 3.98. The molecule has 1 N–H and O–H groups in total. The van der Waals surface area contributed by atoms with Crippen molar-refractivity contribution in [2.24, 2.45) is 5.41 Å². The lowest BCUT2D eigenvalue weighted by atomic mass is 9.94. The minimum absolute atomic E-state index is 0.169. The topological polar surface area (TPSA) is 52.7 Å². The van der Waals surface area contributed by atoms with Gasteiger partial charge < -0.3 is 15.1 Å². The van der Waals surface area contributed by atoms with E-state index in [2.05, 4.69) is 10.2 Å². The van der Waals surface area contributed by atoms with Crippen LogP contribution in [0.4, 0.5) is 11.4 Å². The number of hydrogen-bond donors (Lipinski definition) is 1. The maximum absolute atomic E-state index is 12.5. The number of nitrogens with zero attached hydrogens (tertiary/aromatic N) is 2. The smallest absolute Gasteiger partial charge is 0.255 e. The molecule has 1 saturated heterocycles. The van der Waals surface area contributed by atoms with Crippen molar-refractivity contribution in [3.63, 3.8) is 0 Å². The number of anilines is 2. The third-order valence-corrected chi connectivity index (χ3v) is 5.90. The van der Waals surface area contributed by atoms with Crippen molar-refractivity contribution < 1.29 is 9.59 Å². The normalized spacial score (nSPS) is 14.6. The molecular formula is C23H27Cl2N3O2. The van der Waals surface area contributed by atoms with Crippen molar-refractivity contribution >= 4 is 46.4 Å². The van der Waals surface area contributed by atoms with Crippen LogP contribution in [-0.4, -0.2) is 42.9 Å². The molecule has 0 aliphatic carbocycles. The standard InChI is InChI=1S/C23H27Cl2N3O2/c1-15-5-6-16(13-18(15)24)21(29)26-17-7-8-20(19(25)14-17)27-9-11-28(12-10-27)22(30)23(2,3)4/h5-8,13-14H,9-12H2,1-4H3,(H,26,29). The molecule has 160 valence electrons. The van der Waals surface area contributed by atoms with E-state index < -0.39 is 0 Å². The van der Waals surface area contributed by atoms with E-state index in [0.717, 1.165) is 24.3 Å². The van der Waals surface area contributed by atoms with Gasteiger partial charge in [0.1, 0.15) is 0 Å². The summed E-state index contributed by atoms with van der Waals surface area (Å²) in [5.74, 6) is -0.0717. The first-order valence-corrected chi connectivity index (χ1v) is 10.7. The number of benzene rings is 2. The molecule has 2 amide bonds. The van der Waals surface area contributed by atoms with Crippen LogP contribution in [0.1, 0.15) is 36.7 Å². The summed E-state index contributed by atoms with van der Waals surface area (Å²) in [7, 11) is 0. The first-order chi connectivity index (χ1) is 14.1. The SMILES string of the molecule is Cc1ccc(C(=O)Nc2ccc(N3CCN(C(=O)C(C)(C)C)CC3)c(Cl)c2)cc1Cl. The Morgan fingerprint density at radius 1 is 0.933 bits per heavy atom. The van der Waals surface area contributed by atoms with Gasteiger partial charge in [-0.3, -0.25) is 9.59 Å². The molecule has 30 heavy (non-hydrogen) atoms. The summed E-state index contributed by atoms with van der Waals surface area (Å²) in [6.45, 7) is 10.5. The third kappa shape index (κ3) is 5.08. The largest absolute Gasteiger partial charge is 0.367 e. The minimum Gasteiger partial charge on any atom is -0.367 e. The van der Waals surface area contributed by atoms with Gasteiger partial charge in [-0.2, -0.15) is 0 Å².